The van der Waals surface area contributed by atoms with Gasteiger partial charge in [-0.15, -0.1) is 0 Å². The van der Waals surface area contributed by atoms with Crippen LogP contribution in [0.15, 0.2) is 18.2 Å². The number of phenols is 1. The van der Waals surface area contributed by atoms with Crippen molar-refractivity contribution in [3.63, 3.8) is 0 Å². The van der Waals surface area contributed by atoms with E-state index in [1.807, 2.05) is 22.6 Å². The number of hydrogen-bond donors (Lipinski definition) is 1. The van der Waals surface area contributed by atoms with Crippen molar-refractivity contribution in [3.8, 4) is 5.75 Å². The topological polar surface area (TPSA) is 70.1 Å². The molecule has 0 aromatic heterocycles. The lowest BCUT2D eigenvalue weighted by Crippen LogP contribution is -2.50. The Balaban J connectivity index is 1.97. The molecule has 1 aliphatic heterocycles. The first-order valence-electron chi connectivity index (χ1n) is 6.72. The smallest absolute Gasteiger partial charge is 0.409 e. The predicted molar refractivity (Wildman–Crippen MR) is 85.3 cm³/mol. The normalized spacial score (nSPS) is 15.0. The van der Waals surface area contributed by atoms with Gasteiger partial charge >= 0.3 is 6.09 Å². The van der Waals surface area contributed by atoms with E-state index in [-0.39, 0.29) is 17.7 Å². The molecule has 0 spiro atoms. The molecular weight excluding hydrogens is 387 g/mol. The summed E-state index contributed by atoms with van der Waals surface area (Å²) < 4.78 is 5.65. The second-order valence-electron chi connectivity index (χ2n) is 4.64. The molecule has 21 heavy (non-hydrogen) atoms. The van der Waals surface area contributed by atoms with Crippen molar-refractivity contribution < 1.29 is 19.4 Å². The van der Waals surface area contributed by atoms with E-state index in [1.54, 1.807) is 28.9 Å². The fourth-order valence-electron chi connectivity index (χ4n) is 2.14. The first kappa shape index (κ1) is 15.9. The molecule has 1 saturated heterocycles. The highest BCUT2D eigenvalue weighted by molar-refractivity contribution is 14.1. The number of aromatic hydroxyl groups is 1. The van der Waals surface area contributed by atoms with Crippen LogP contribution in [0.5, 0.6) is 5.75 Å². The van der Waals surface area contributed by atoms with Crippen LogP contribution in [0, 0.1) is 3.57 Å². The summed E-state index contributed by atoms with van der Waals surface area (Å²) in [6, 6.07) is 4.88. The summed E-state index contributed by atoms with van der Waals surface area (Å²) in [6.45, 7) is 3.96. The maximum absolute atomic E-state index is 12.3. The van der Waals surface area contributed by atoms with E-state index in [0.29, 0.717) is 41.9 Å². The third-order valence-corrected chi connectivity index (χ3v) is 4.20. The fourth-order valence-corrected chi connectivity index (χ4v) is 2.47. The third-order valence-electron chi connectivity index (χ3n) is 3.29. The number of carbonyl (C=O) groups excluding carboxylic acids is 2. The summed E-state index contributed by atoms with van der Waals surface area (Å²) in [6.07, 6.45) is -0.337. The molecule has 0 bridgehead atoms. The summed E-state index contributed by atoms with van der Waals surface area (Å²) in [5.41, 5.74) is 0.456. The summed E-state index contributed by atoms with van der Waals surface area (Å²) in [7, 11) is 0. The highest BCUT2D eigenvalue weighted by Gasteiger charge is 2.25. The molecule has 1 N–H and O–H groups in total. The van der Waals surface area contributed by atoms with E-state index in [4.69, 9.17) is 4.74 Å². The van der Waals surface area contributed by atoms with Gasteiger partial charge < -0.3 is 19.6 Å². The van der Waals surface area contributed by atoms with Gasteiger partial charge in [0.05, 0.1) is 10.2 Å². The molecule has 1 aromatic carbocycles. The number of ether oxygens (including phenoxy) is 1. The zero-order chi connectivity index (χ0) is 15.4. The maximum Gasteiger partial charge on any atom is 0.409 e. The Bertz CT molecular complexity index is 542. The summed E-state index contributed by atoms with van der Waals surface area (Å²) in [5.74, 6) is -0.0307. The summed E-state index contributed by atoms with van der Waals surface area (Å²) in [5, 5.41) is 9.67. The van der Waals surface area contributed by atoms with E-state index in [2.05, 4.69) is 0 Å². The molecule has 2 rings (SSSR count). The largest absolute Gasteiger partial charge is 0.507 e. The van der Waals surface area contributed by atoms with Gasteiger partial charge in [-0.1, -0.05) is 0 Å². The Hall–Kier alpha value is -1.51. The highest BCUT2D eigenvalue weighted by atomic mass is 127. The number of nitrogens with zero attached hydrogens (tertiary/aromatic N) is 2. The molecule has 1 fully saturated rings. The molecule has 1 aromatic rings. The van der Waals surface area contributed by atoms with E-state index in [0.717, 1.165) is 0 Å². The van der Waals surface area contributed by atoms with E-state index in [1.165, 1.54) is 6.07 Å². The molecule has 0 unspecified atom stereocenters. The molecule has 6 nitrogen and oxygen atoms in total. The summed E-state index contributed by atoms with van der Waals surface area (Å²) >= 11 is 2.00. The Kier molecular flexibility index (Phi) is 5.27. The lowest BCUT2D eigenvalue weighted by Gasteiger charge is -2.34. The van der Waals surface area contributed by atoms with Gasteiger partial charge in [0, 0.05) is 31.7 Å². The lowest BCUT2D eigenvalue weighted by molar-refractivity contribution is 0.0570. The van der Waals surface area contributed by atoms with Gasteiger partial charge in [0.1, 0.15) is 5.75 Å². The van der Waals surface area contributed by atoms with Crippen LogP contribution >= 0.6 is 22.6 Å². The quantitative estimate of drug-likeness (QED) is 0.765. The Morgan fingerprint density at radius 3 is 2.43 bits per heavy atom. The van der Waals surface area contributed by atoms with Gasteiger partial charge in [-0.25, -0.2) is 4.79 Å². The second kappa shape index (κ2) is 6.97. The van der Waals surface area contributed by atoms with Crippen molar-refractivity contribution >= 4 is 34.6 Å². The van der Waals surface area contributed by atoms with E-state index < -0.39 is 0 Å². The average Bonchev–Trinajstić information content (AvgIpc) is 2.50. The SMILES string of the molecule is CCOC(=O)N1CCN(C(=O)c2ccc(I)c(O)c2)CC1. The van der Waals surface area contributed by atoms with Crippen LogP contribution < -0.4 is 0 Å². The molecular formula is C14H17IN2O4. The van der Waals surface area contributed by atoms with Crippen molar-refractivity contribution in [2.75, 3.05) is 32.8 Å². The van der Waals surface area contributed by atoms with Crippen molar-refractivity contribution in [2.24, 2.45) is 0 Å². The van der Waals surface area contributed by atoms with Crippen molar-refractivity contribution in [2.45, 2.75) is 6.92 Å². The molecule has 7 heteroatoms. The number of amides is 2. The third kappa shape index (κ3) is 3.78. The fraction of sp³-hybridized carbons (Fsp3) is 0.429. The molecule has 0 atom stereocenters. The molecule has 0 radical (unpaired) electrons. The number of hydrogen-bond acceptors (Lipinski definition) is 4. The van der Waals surface area contributed by atoms with Crippen LogP contribution in [-0.4, -0.2) is 59.7 Å². The van der Waals surface area contributed by atoms with Gasteiger partial charge in [0.15, 0.2) is 0 Å². The number of rotatable bonds is 2. The second-order valence-corrected chi connectivity index (χ2v) is 5.81. The minimum atomic E-state index is -0.337. The molecule has 1 heterocycles. The van der Waals surface area contributed by atoms with Gasteiger partial charge in [0.2, 0.25) is 0 Å². The van der Waals surface area contributed by atoms with Gasteiger partial charge in [-0.3, -0.25) is 4.79 Å². The van der Waals surface area contributed by atoms with Gasteiger partial charge in [-0.05, 0) is 47.7 Å². The van der Waals surface area contributed by atoms with Crippen LogP contribution in [0.4, 0.5) is 4.79 Å². The minimum Gasteiger partial charge on any atom is -0.507 e. The predicted octanol–water partition coefficient (Wildman–Crippen LogP) is 1.91. The first-order valence-corrected chi connectivity index (χ1v) is 7.80. The van der Waals surface area contributed by atoms with Gasteiger partial charge in [0.25, 0.3) is 5.91 Å². The van der Waals surface area contributed by atoms with E-state index >= 15 is 0 Å². The molecule has 114 valence electrons. The number of carbonyl (C=O) groups is 2. The number of benzene rings is 1. The molecule has 0 saturated carbocycles. The zero-order valence-corrected chi connectivity index (χ0v) is 13.9. The monoisotopic (exact) mass is 404 g/mol. The van der Waals surface area contributed by atoms with Crippen molar-refractivity contribution in [1.29, 1.82) is 0 Å². The molecule has 0 aliphatic carbocycles. The standard InChI is InChI=1S/C14H17IN2O4/c1-2-21-14(20)17-7-5-16(6-8-17)13(19)10-3-4-11(15)12(18)9-10/h3-4,9,18H,2,5-8H2,1H3. The van der Waals surface area contributed by atoms with Crippen molar-refractivity contribution in [3.05, 3.63) is 27.3 Å². The highest BCUT2D eigenvalue weighted by Crippen LogP contribution is 2.21. The maximum atomic E-state index is 12.3. The van der Waals surface area contributed by atoms with Gasteiger partial charge in [-0.2, -0.15) is 0 Å². The first-order chi connectivity index (χ1) is 10.0. The van der Waals surface area contributed by atoms with Crippen LogP contribution in [0.2, 0.25) is 0 Å². The Morgan fingerprint density at radius 2 is 1.86 bits per heavy atom. The van der Waals surface area contributed by atoms with Crippen LogP contribution in [0.25, 0.3) is 0 Å². The van der Waals surface area contributed by atoms with Crippen LogP contribution in [0.3, 0.4) is 0 Å². The van der Waals surface area contributed by atoms with E-state index in [9.17, 15) is 14.7 Å². The Morgan fingerprint density at radius 1 is 1.24 bits per heavy atom. The molecule has 2 amide bonds. The lowest BCUT2D eigenvalue weighted by atomic mass is 10.1. The van der Waals surface area contributed by atoms with Crippen molar-refractivity contribution in [1.82, 2.24) is 9.80 Å². The van der Waals surface area contributed by atoms with Crippen LogP contribution in [0.1, 0.15) is 17.3 Å². The number of phenolic OH excluding ortho intramolecular Hbond substituents is 1. The average molecular weight is 404 g/mol. The summed E-state index contributed by atoms with van der Waals surface area (Å²) in [4.78, 5) is 27.2. The Labute approximate surface area is 136 Å². The minimum absolute atomic E-state index is 0.103. The molecule has 1 aliphatic rings. The number of piperazine rings is 1. The number of halogens is 1. The zero-order valence-electron chi connectivity index (χ0n) is 11.7. The van der Waals surface area contributed by atoms with Crippen LogP contribution in [-0.2, 0) is 4.74 Å².